The van der Waals surface area contributed by atoms with Crippen molar-refractivity contribution >= 4 is 5.71 Å². The van der Waals surface area contributed by atoms with E-state index in [2.05, 4.69) is 16.0 Å². The fourth-order valence-corrected chi connectivity index (χ4v) is 2.20. The van der Waals surface area contributed by atoms with Gasteiger partial charge in [-0.25, -0.2) is 13.6 Å². The van der Waals surface area contributed by atoms with Crippen LogP contribution in [0.1, 0.15) is 58.6 Å². The summed E-state index contributed by atoms with van der Waals surface area (Å²) in [5.41, 5.74) is 1.96. The summed E-state index contributed by atoms with van der Waals surface area (Å²) in [4.78, 5) is 26.6. The molecule has 0 fully saturated rings. The van der Waals surface area contributed by atoms with Crippen LogP contribution in [0.4, 0.5) is 8.78 Å². The Balaban J connectivity index is -0.000000490. The van der Waals surface area contributed by atoms with Gasteiger partial charge in [0, 0.05) is 5.92 Å². The van der Waals surface area contributed by atoms with Crippen LogP contribution >= 0.6 is 0 Å². The van der Waals surface area contributed by atoms with Crippen molar-refractivity contribution in [3.63, 3.8) is 0 Å². The van der Waals surface area contributed by atoms with Crippen molar-refractivity contribution in [2.45, 2.75) is 53.9 Å². The van der Waals surface area contributed by atoms with E-state index in [1.54, 1.807) is 37.3 Å². The van der Waals surface area contributed by atoms with Gasteiger partial charge in [-0.3, -0.25) is 0 Å². The minimum absolute atomic E-state index is 0. The molecule has 5 nitrogen and oxygen atoms in total. The summed E-state index contributed by atoms with van der Waals surface area (Å²) in [6, 6.07) is 8.80. The Labute approximate surface area is 232 Å². The Hall–Kier alpha value is -1.45. The molecule has 1 atom stereocenters. The molecule has 1 aromatic heterocycles. The quantitative estimate of drug-likeness (QED) is 0.270. The summed E-state index contributed by atoms with van der Waals surface area (Å²) in [6.07, 6.45) is 3.36. The van der Waals surface area contributed by atoms with Crippen LogP contribution in [0, 0.1) is 18.9 Å². The summed E-state index contributed by atoms with van der Waals surface area (Å²) < 4.78 is 24.2. The summed E-state index contributed by atoms with van der Waals surface area (Å²) in [6.45, 7) is 10.9. The summed E-state index contributed by atoms with van der Waals surface area (Å²) in [7, 11) is 0. The van der Waals surface area contributed by atoms with E-state index in [4.69, 9.17) is 5.41 Å². The van der Waals surface area contributed by atoms with E-state index in [9.17, 15) is 18.4 Å². The van der Waals surface area contributed by atoms with Crippen molar-refractivity contribution < 1.29 is 60.2 Å². The minimum atomic E-state index is -2.27. The third-order valence-electron chi connectivity index (χ3n) is 3.84. The Kier molecular flexibility index (Phi) is 20.9. The second-order valence-corrected chi connectivity index (χ2v) is 6.35. The molecule has 0 bridgehead atoms. The van der Waals surface area contributed by atoms with Crippen molar-refractivity contribution in [1.29, 1.82) is 5.41 Å². The van der Waals surface area contributed by atoms with E-state index in [0.717, 1.165) is 11.1 Å². The van der Waals surface area contributed by atoms with Crippen molar-refractivity contribution in [2.24, 2.45) is 0 Å². The van der Waals surface area contributed by atoms with Crippen LogP contribution in [0.25, 0.3) is 0 Å². The van der Waals surface area contributed by atoms with Crippen LogP contribution in [0.15, 0.2) is 63.3 Å². The van der Waals surface area contributed by atoms with Crippen molar-refractivity contribution in [1.82, 2.24) is 9.97 Å². The second-order valence-electron chi connectivity index (χ2n) is 6.35. The topological polar surface area (TPSA) is 89.6 Å². The molecule has 0 aliphatic heterocycles. The maximum Gasteiger partial charge on any atom is 1.00 e. The first-order valence-electron chi connectivity index (χ1n) is 9.61. The number of halogens is 2. The van der Waals surface area contributed by atoms with Crippen molar-refractivity contribution in [3.8, 4) is 0 Å². The summed E-state index contributed by atoms with van der Waals surface area (Å²) in [5.74, 6) is -0.656. The first-order valence-corrected chi connectivity index (χ1v) is 9.61. The van der Waals surface area contributed by atoms with Gasteiger partial charge in [-0.1, -0.05) is 82.3 Å². The maximum atomic E-state index is 12.1. The average molecular weight is 473 g/mol. The largest absolute Gasteiger partial charge is 1.00 e. The number of H-pyrrole nitrogens is 2. The van der Waals surface area contributed by atoms with E-state index in [-0.39, 0.29) is 64.4 Å². The normalized spacial score (nSPS) is 10.4. The smallest absolute Gasteiger partial charge is 0.358 e. The van der Waals surface area contributed by atoms with Crippen LogP contribution in [0.5, 0.6) is 0 Å². The van der Waals surface area contributed by atoms with Crippen molar-refractivity contribution in [3.05, 3.63) is 99.2 Å². The molecule has 32 heavy (non-hydrogen) atoms. The van der Waals surface area contributed by atoms with Crippen molar-refractivity contribution in [2.75, 3.05) is 0 Å². The van der Waals surface area contributed by atoms with Gasteiger partial charge in [-0.15, -0.1) is 17.7 Å². The molecule has 172 valence electrons. The number of aromatic amines is 2. The third kappa shape index (κ3) is 13.2. The van der Waals surface area contributed by atoms with E-state index in [1.807, 2.05) is 33.8 Å². The number of benzene rings is 1. The molecule has 1 aromatic carbocycles. The van der Waals surface area contributed by atoms with E-state index in [1.165, 1.54) is 13.1 Å². The molecule has 0 radical (unpaired) electrons. The van der Waals surface area contributed by atoms with Crippen LogP contribution in [0.3, 0.4) is 0 Å². The molecule has 2 rings (SSSR count). The number of rotatable bonds is 5. The average Bonchev–Trinajstić information content (AvgIpc) is 2.71. The Bertz CT molecular complexity index is 961. The molecule has 1 heterocycles. The maximum absolute atomic E-state index is 12.1. The third-order valence-corrected chi connectivity index (χ3v) is 3.84. The minimum Gasteiger partial charge on any atom is -0.358 e. The zero-order valence-corrected chi connectivity index (χ0v) is 23.4. The Morgan fingerprint density at radius 1 is 1.09 bits per heavy atom. The van der Waals surface area contributed by atoms with Gasteiger partial charge in [-0.2, -0.15) is 0 Å². The van der Waals surface area contributed by atoms with Gasteiger partial charge in [0.1, 0.15) is 0 Å². The Morgan fingerprint density at radius 3 is 2.03 bits per heavy atom. The van der Waals surface area contributed by atoms with Crippen LogP contribution in [0.2, 0.25) is 0 Å². The van der Waals surface area contributed by atoms with Gasteiger partial charge in [0.25, 0.3) is 0 Å². The van der Waals surface area contributed by atoms with Gasteiger partial charge in [0.15, 0.2) is 5.56 Å². The second kappa shape index (κ2) is 19.1. The molecule has 0 aliphatic rings. The SMILES string of the molecule is CC.CC(=N)C(C=[C-]c1c[nH]c(=O)[nH]c1=O)=C(C)C.CC(c1ccccc1)C(F)F.[CH3-].[K+]. The van der Waals surface area contributed by atoms with Gasteiger partial charge in [0.05, 0.1) is 0 Å². The zero-order valence-electron chi connectivity index (χ0n) is 20.3. The van der Waals surface area contributed by atoms with Gasteiger partial charge >= 0.3 is 57.1 Å². The monoisotopic (exact) mass is 472 g/mol. The Morgan fingerprint density at radius 2 is 1.62 bits per heavy atom. The molecule has 0 saturated carbocycles. The summed E-state index contributed by atoms with van der Waals surface area (Å²) >= 11 is 0. The van der Waals surface area contributed by atoms with Gasteiger partial charge < -0.3 is 27.6 Å². The number of allylic oxidation sites excluding steroid dienone is 3. The zero-order chi connectivity index (χ0) is 23.3. The first-order chi connectivity index (χ1) is 14.1. The fraction of sp³-hybridized carbons (Fsp3) is 0.333. The number of nitrogens with one attached hydrogen (secondary N) is 3. The number of alkyl halides is 2. The molecule has 1 unspecified atom stereocenters. The number of hydrogen-bond acceptors (Lipinski definition) is 3. The van der Waals surface area contributed by atoms with E-state index < -0.39 is 23.6 Å². The van der Waals surface area contributed by atoms with Crippen LogP contribution in [-0.2, 0) is 0 Å². The molecule has 0 amide bonds. The predicted octanol–water partition coefficient (Wildman–Crippen LogP) is 2.68. The number of hydrogen-bond donors (Lipinski definition) is 3. The molecule has 8 heteroatoms. The molecular weight excluding hydrogens is 439 g/mol. The standard InChI is InChI=1S/C12H14N3O2.C9H10F2.C2H6.CH3.K/c1-7(2)10(8(3)13)5-4-9-6-14-12(17)15-11(9)16;1-7(9(10)11)8-5-3-2-4-6-8;1-2;;/h5-6,13H,1-3H3,(H2,14,15,16,17);2-7,9H,1H3;1-2H3;1H3;/q-1;;;-1;+1. The predicted molar refractivity (Wildman–Crippen MR) is 125 cm³/mol. The first kappa shape index (κ1) is 35.1. The summed E-state index contributed by atoms with van der Waals surface area (Å²) in [5, 5.41) is 7.56. The molecule has 0 aliphatic carbocycles. The van der Waals surface area contributed by atoms with Gasteiger partial charge in [0.2, 0.25) is 6.43 Å². The molecular formula is C24H33F2KN3O2-. The molecule has 2 aromatic rings. The molecule has 0 spiro atoms. The fourth-order valence-electron chi connectivity index (χ4n) is 2.20. The molecule has 3 N–H and O–H groups in total. The van der Waals surface area contributed by atoms with E-state index >= 15 is 0 Å². The number of aromatic nitrogens is 2. The van der Waals surface area contributed by atoms with E-state index in [0.29, 0.717) is 11.3 Å². The molecule has 0 saturated heterocycles. The van der Waals surface area contributed by atoms with Crippen LogP contribution < -0.4 is 62.6 Å². The van der Waals surface area contributed by atoms with Gasteiger partial charge in [-0.05, 0) is 18.2 Å². The van der Waals surface area contributed by atoms with Crippen LogP contribution in [-0.4, -0.2) is 22.1 Å².